The highest BCUT2D eigenvalue weighted by Gasteiger charge is 1.94. The molecule has 0 rings (SSSR count). The van der Waals surface area contributed by atoms with Crippen molar-refractivity contribution in [3.63, 3.8) is 0 Å². The van der Waals surface area contributed by atoms with Crippen LogP contribution in [0.5, 0.6) is 0 Å². The van der Waals surface area contributed by atoms with E-state index in [4.69, 9.17) is 0 Å². The van der Waals surface area contributed by atoms with E-state index >= 15 is 0 Å². The summed E-state index contributed by atoms with van der Waals surface area (Å²) in [5, 5.41) is 8.70. The molecule has 0 aliphatic heterocycles. The molecule has 0 heterocycles. The SMILES string of the molecule is CNCCNCCC(=O)NC. The number of carbonyl (C=O) groups is 1. The summed E-state index contributed by atoms with van der Waals surface area (Å²) in [7, 11) is 3.55. The Morgan fingerprint density at radius 1 is 1.18 bits per heavy atom. The second kappa shape index (κ2) is 7.50. The molecule has 0 spiro atoms. The average molecular weight is 159 g/mol. The van der Waals surface area contributed by atoms with Gasteiger partial charge in [0.1, 0.15) is 0 Å². The van der Waals surface area contributed by atoms with Crippen LogP contribution >= 0.6 is 0 Å². The van der Waals surface area contributed by atoms with E-state index in [2.05, 4.69) is 16.0 Å². The van der Waals surface area contributed by atoms with Crippen LogP contribution in [0, 0.1) is 0 Å². The number of hydrogen-bond acceptors (Lipinski definition) is 3. The second-order valence-corrected chi connectivity index (χ2v) is 2.28. The van der Waals surface area contributed by atoms with E-state index in [1.54, 1.807) is 7.05 Å². The van der Waals surface area contributed by atoms with Crippen LogP contribution in [0.4, 0.5) is 0 Å². The summed E-state index contributed by atoms with van der Waals surface area (Å²) in [6, 6.07) is 0. The van der Waals surface area contributed by atoms with Gasteiger partial charge in [-0.25, -0.2) is 0 Å². The summed E-state index contributed by atoms with van der Waals surface area (Å²) in [4.78, 5) is 10.7. The molecule has 0 saturated heterocycles. The van der Waals surface area contributed by atoms with Gasteiger partial charge >= 0.3 is 0 Å². The summed E-state index contributed by atoms with van der Waals surface area (Å²) < 4.78 is 0. The van der Waals surface area contributed by atoms with Gasteiger partial charge in [-0.15, -0.1) is 0 Å². The first-order chi connectivity index (χ1) is 5.31. The maximum absolute atomic E-state index is 10.7. The first kappa shape index (κ1) is 10.4. The number of hydrogen-bond donors (Lipinski definition) is 3. The fraction of sp³-hybridized carbons (Fsp3) is 0.857. The van der Waals surface area contributed by atoms with Crippen molar-refractivity contribution in [2.45, 2.75) is 6.42 Å². The maximum Gasteiger partial charge on any atom is 0.221 e. The van der Waals surface area contributed by atoms with Gasteiger partial charge in [-0.2, -0.15) is 0 Å². The van der Waals surface area contributed by atoms with E-state index in [0.717, 1.165) is 19.6 Å². The lowest BCUT2D eigenvalue weighted by molar-refractivity contribution is -0.120. The number of carbonyl (C=O) groups excluding carboxylic acids is 1. The predicted molar refractivity (Wildman–Crippen MR) is 45.5 cm³/mol. The van der Waals surface area contributed by atoms with Crippen molar-refractivity contribution >= 4 is 5.91 Å². The molecule has 3 N–H and O–H groups in total. The third kappa shape index (κ3) is 7.29. The summed E-state index contributed by atoms with van der Waals surface area (Å²) in [5.41, 5.74) is 0. The van der Waals surface area contributed by atoms with E-state index in [0.29, 0.717) is 6.42 Å². The van der Waals surface area contributed by atoms with Gasteiger partial charge in [-0.05, 0) is 7.05 Å². The minimum absolute atomic E-state index is 0.0851. The van der Waals surface area contributed by atoms with Crippen molar-refractivity contribution in [3.05, 3.63) is 0 Å². The summed E-state index contributed by atoms with van der Waals surface area (Å²) in [6.45, 7) is 2.60. The third-order valence-corrected chi connectivity index (χ3v) is 1.36. The van der Waals surface area contributed by atoms with E-state index in [-0.39, 0.29) is 5.91 Å². The largest absolute Gasteiger partial charge is 0.359 e. The normalized spacial score (nSPS) is 9.64. The summed E-state index contributed by atoms with van der Waals surface area (Å²) in [5.74, 6) is 0.0851. The molecule has 4 nitrogen and oxygen atoms in total. The van der Waals surface area contributed by atoms with Crippen molar-refractivity contribution in [3.8, 4) is 0 Å². The molecule has 0 aromatic heterocycles. The second-order valence-electron chi connectivity index (χ2n) is 2.28. The number of rotatable bonds is 6. The lowest BCUT2D eigenvalue weighted by Crippen LogP contribution is -2.29. The molecule has 0 aromatic carbocycles. The predicted octanol–water partition coefficient (Wildman–Crippen LogP) is -1.07. The number of nitrogens with one attached hydrogen (secondary N) is 3. The lowest BCUT2D eigenvalue weighted by Gasteiger charge is -2.02. The third-order valence-electron chi connectivity index (χ3n) is 1.36. The van der Waals surface area contributed by atoms with Gasteiger partial charge in [0.2, 0.25) is 5.91 Å². The van der Waals surface area contributed by atoms with Gasteiger partial charge in [0, 0.05) is 33.1 Å². The Kier molecular flexibility index (Phi) is 7.08. The van der Waals surface area contributed by atoms with Crippen LogP contribution in [0.15, 0.2) is 0 Å². The molecule has 0 saturated carbocycles. The summed E-state index contributed by atoms with van der Waals surface area (Å²) >= 11 is 0. The molecule has 0 bridgehead atoms. The maximum atomic E-state index is 10.7. The van der Waals surface area contributed by atoms with Crippen molar-refractivity contribution < 1.29 is 4.79 Å². The van der Waals surface area contributed by atoms with Crippen LogP contribution in [0.3, 0.4) is 0 Å². The van der Waals surface area contributed by atoms with Crippen molar-refractivity contribution in [1.29, 1.82) is 0 Å². The van der Waals surface area contributed by atoms with Crippen molar-refractivity contribution in [2.75, 3.05) is 33.7 Å². The Hall–Kier alpha value is -0.610. The van der Waals surface area contributed by atoms with Gasteiger partial charge in [0.05, 0.1) is 0 Å². The molecule has 0 fully saturated rings. The Morgan fingerprint density at radius 2 is 1.91 bits per heavy atom. The Labute approximate surface area is 67.7 Å². The first-order valence-corrected chi connectivity index (χ1v) is 3.87. The van der Waals surface area contributed by atoms with Gasteiger partial charge < -0.3 is 16.0 Å². The van der Waals surface area contributed by atoms with E-state index in [9.17, 15) is 4.79 Å². The Bertz CT molecular complexity index is 106. The molecule has 0 aliphatic carbocycles. The summed E-state index contributed by atoms with van der Waals surface area (Å²) in [6.07, 6.45) is 0.556. The topological polar surface area (TPSA) is 53.2 Å². The molecule has 0 aromatic rings. The van der Waals surface area contributed by atoms with Gasteiger partial charge in [-0.3, -0.25) is 4.79 Å². The zero-order valence-corrected chi connectivity index (χ0v) is 7.24. The van der Waals surface area contributed by atoms with Crippen LogP contribution in [-0.2, 0) is 4.79 Å². The van der Waals surface area contributed by atoms with Crippen LogP contribution in [-0.4, -0.2) is 39.6 Å². The molecule has 66 valence electrons. The van der Waals surface area contributed by atoms with Crippen LogP contribution < -0.4 is 16.0 Å². The van der Waals surface area contributed by atoms with E-state index < -0.39 is 0 Å². The lowest BCUT2D eigenvalue weighted by atomic mass is 10.4. The molecule has 0 aliphatic rings. The molecule has 11 heavy (non-hydrogen) atoms. The highest BCUT2D eigenvalue weighted by atomic mass is 16.1. The van der Waals surface area contributed by atoms with Crippen LogP contribution in [0.25, 0.3) is 0 Å². The molecule has 4 heteroatoms. The van der Waals surface area contributed by atoms with E-state index in [1.165, 1.54) is 0 Å². The molecule has 0 unspecified atom stereocenters. The Morgan fingerprint density at radius 3 is 2.45 bits per heavy atom. The van der Waals surface area contributed by atoms with Gasteiger partial charge in [0.25, 0.3) is 0 Å². The van der Waals surface area contributed by atoms with Crippen LogP contribution in [0.2, 0.25) is 0 Å². The Balaban J connectivity index is 2.95. The minimum Gasteiger partial charge on any atom is -0.359 e. The number of likely N-dealkylation sites (N-methyl/N-ethyl adjacent to an activating group) is 1. The standard InChI is InChI=1S/C7H17N3O/c1-8-5-6-10-4-3-7(11)9-2/h8,10H,3-6H2,1-2H3,(H,9,11). The van der Waals surface area contributed by atoms with E-state index in [1.807, 2.05) is 7.05 Å². The monoisotopic (exact) mass is 159 g/mol. The van der Waals surface area contributed by atoms with Gasteiger partial charge in [0.15, 0.2) is 0 Å². The fourth-order valence-corrected chi connectivity index (χ4v) is 0.665. The zero-order chi connectivity index (χ0) is 8.53. The smallest absolute Gasteiger partial charge is 0.221 e. The van der Waals surface area contributed by atoms with Crippen molar-refractivity contribution in [2.24, 2.45) is 0 Å². The molecular weight excluding hydrogens is 142 g/mol. The molecular formula is C7H17N3O. The fourth-order valence-electron chi connectivity index (χ4n) is 0.665. The molecule has 0 radical (unpaired) electrons. The first-order valence-electron chi connectivity index (χ1n) is 3.87. The van der Waals surface area contributed by atoms with Gasteiger partial charge in [-0.1, -0.05) is 0 Å². The molecule has 1 amide bonds. The van der Waals surface area contributed by atoms with Crippen LogP contribution in [0.1, 0.15) is 6.42 Å². The minimum atomic E-state index is 0.0851. The average Bonchev–Trinajstić information content (AvgIpc) is 2.04. The molecule has 0 atom stereocenters. The highest BCUT2D eigenvalue weighted by molar-refractivity contribution is 5.75. The number of amides is 1. The quantitative estimate of drug-likeness (QED) is 0.433. The highest BCUT2D eigenvalue weighted by Crippen LogP contribution is 1.73. The zero-order valence-electron chi connectivity index (χ0n) is 7.24. The van der Waals surface area contributed by atoms with Crippen molar-refractivity contribution in [1.82, 2.24) is 16.0 Å².